The van der Waals surface area contributed by atoms with Crippen LogP contribution in [0, 0.1) is 6.92 Å². The molecule has 0 aliphatic carbocycles. The second kappa shape index (κ2) is 9.91. The van der Waals surface area contributed by atoms with Crippen molar-refractivity contribution in [1.82, 2.24) is 29.5 Å². The van der Waals surface area contributed by atoms with Gasteiger partial charge in [0.25, 0.3) is 0 Å². The molecular formula is C29H22ClN7O. The third kappa shape index (κ3) is 4.65. The minimum absolute atomic E-state index is 0.152. The average Bonchev–Trinajstić information content (AvgIpc) is 3.53. The van der Waals surface area contributed by atoms with Crippen molar-refractivity contribution in [3.8, 4) is 22.6 Å². The molecule has 0 unspecified atom stereocenters. The molecule has 0 atom stereocenters. The highest BCUT2D eigenvalue weighted by molar-refractivity contribution is 6.30. The number of hydrogen-bond donors (Lipinski definition) is 1. The third-order valence-electron chi connectivity index (χ3n) is 6.14. The van der Waals surface area contributed by atoms with Crippen LogP contribution >= 0.6 is 11.6 Å². The van der Waals surface area contributed by atoms with E-state index in [1.165, 1.54) is 6.33 Å². The molecule has 1 N–H and O–H groups in total. The first-order valence-corrected chi connectivity index (χ1v) is 12.4. The van der Waals surface area contributed by atoms with Crippen molar-refractivity contribution in [3.63, 3.8) is 0 Å². The number of fused-ring (bicyclic) bond motifs is 1. The van der Waals surface area contributed by atoms with Gasteiger partial charge in [-0.25, -0.2) is 14.6 Å². The van der Waals surface area contributed by atoms with Crippen LogP contribution in [-0.4, -0.2) is 35.4 Å². The fraction of sp³-hybridized carbons (Fsp3) is 0.0690. The maximum atomic E-state index is 13.0. The number of hydrogen-bond acceptors (Lipinski definition) is 5. The zero-order valence-electron chi connectivity index (χ0n) is 20.4. The van der Waals surface area contributed by atoms with Crippen molar-refractivity contribution in [2.45, 2.75) is 13.3 Å². The quantitative estimate of drug-likeness (QED) is 0.300. The lowest BCUT2D eigenvalue weighted by Gasteiger charge is -2.10. The Morgan fingerprint density at radius 3 is 2.39 bits per heavy atom. The Bertz CT molecular complexity index is 1740. The molecule has 38 heavy (non-hydrogen) atoms. The van der Waals surface area contributed by atoms with Crippen molar-refractivity contribution in [2.24, 2.45) is 0 Å². The van der Waals surface area contributed by atoms with Gasteiger partial charge in [-0.2, -0.15) is 14.9 Å². The average molecular weight is 520 g/mol. The first kappa shape index (κ1) is 23.6. The molecule has 0 saturated carbocycles. The number of nitrogens with zero attached hydrogens (tertiary/aromatic N) is 6. The Morgan fingerprint density at radius 1 is 0.895 bits per heavy atom. The summed E-state index contributed by atoms with van der Waals surface area (Å²) in [5.74, 6) is 0.888. The van der Waals surface area contributed by atoms with E-state index in [1.54, 1.807) is 27.7 Å². The van der Waals surface area contributed by atoms with E-state index in [0.29, 0.717) is 27.7 Å². The predicted octanol–water partition coefficient (Wildman–Crippen LogP) is 5.81. The smallest absolute Gasteiger partial charge is 0.229 e. The Balaban J connectivity index is 1.25. The Labute approximate surface area is 223 Å². The zero-order chi connectivity index (χ0) is 26.1. The highest BCUT2D eigenvalue weighted by atomic mass is 35.5. The van der Waals surface area contributed by atoms with Gasteiger partial charge in [0.2, 0.25) is 5.91 Å². The molecule has 0 radical (unpaired) electrons. The molecule has 0 aliphatic rings. The van der Waals surface area contributed by atoms with Gasteiger partial charge < -0.3 is 5.32 Å². The van der Waals surface area contributed by atoms with Crippen LogP contribution in [-0.2, 0) is 11.2 Å². The molecule has 3 aromatic carbocycles. The Kier molecular flexibility index (Phi) is 6.15. The summed E-state index contributed by atoms with van der Waals surface area (Å²) in [5.41, 5.74) is 5.33. The summed E-state index contributed by atoms with van der Waals surface area (Å²) >= 11 is 6.04. The summed E-state index contributed by atoms with van der Waals surface area (Å²) in [6.07, 6.45) is 3.38. The van der Waals surface area contributed by atoms with E-state index in [9.17, 15) is 4.79 Å². The van der Waals surface area contributed by atoms with E-state index >= 15 is 0 Å². The Hall–Kier alpha value is -4.82. The van der Waals surface area contributed by atoms with Gasteiger partial charge in [0.15, 0.2) is 11.5 Å². The predicted molar refractivity (Wildman–Crippen MR) is 148 cm³/mol. The van der Waals surface area contributed by atoms with Crippen LogP contribution in [0.1, 0.15) is 11.3 Å². The SMILES string of the molecule is Cc1cc(NC(=O)Cc2ccc(-c3ccccc3)cc2)n(-c2ncnc3c2cnn3-c2ccc(Cl)cc2)n1. The molecule has 0 bridgehead atoms. The molecule has 0 saturated heterocycles. The van der Waals surface area contributed by atoms with Crippen LogP contribution in [0.25, 0.3) is 33.7 Å². The molecule has 6 aromatic rings. The summed E-state index contributed by atoms with van der Waals surface area (Å²) in [7, 11) is 0. The van der Waals surface area contributed by atoms with Crippen LogP contribution in [0.5, 0.6) is 0 Å². The number of aryl methyl sites for hydroxylation is 1. The molecule has 0 spiro atoms. The molecule has 8 nitrogen and oxygen atoms in total. The molecule has 3 heterocycles. The van der Waals surface area contributed by atoms with E-state index in [2.05, 4.69) is 37.6 Å². The van der Waals surface area contributed by atoms with Crippen LogP contribution in [0.4, 0.5) is 5.82 Å². The third-order valence-corrected chi connectivity index (χ3v) is 6.39. The number of amides is 1. The highest BCUT2D eigenvalue weighted by Crippen LogP contribution is 2.25. The zero-order valence-corrected chi connectivity index (χ0v) is 21.2. The van der Waals surface area contributed by atoms with Crippen molar-refractivity contribution in [1.29, 1.82) is 0 Å². The number of carbonyl (C=O) groups excluding carboxylic acids is 1. The summed E-state index contributed by atoms with van der Waals surface area (Å²) in [6.45, 7) is 1.87. The molecular weight excluding hydrogens is 498 g/mol. The largest absolute Gasteiger partial charge is 0.310 e. The van der Waals surface area contributed by atoms with Gasteiger partial charge in [-0.3, -0.25) is 4.79 Å². The maximum absolute atomic E-state index is 13.0. The topological polar surface area (TPSA) is 90.5 Å². The summed E-state index contributed by atoms with van der Waals surface area (Å²) < 4.78 is 3.33. The van der Waals surface area contributed by atoms with Crippen LogP contribution in [0.15, 0.2) is 97.5 Å². The minimum Gasteiger partial charge on any atom is -0.310 e. The van der Waals surface area contributed by atoms with Crippen molar-refractivity contribution >= 4 is 34.4 Å². The lowest BCUT2D eigenvalue weighted by molar-refractivity contribution is -0.115. The second-order valence-electron chi connectivity index (χ2n) is 8.84. The lowest BCUT2D eigenvalue weighted by Crippen LogP contribution is -2.17. The molecule has 9 heteroatoms. The number of nitrogens with one attached hydrogen (secondary N) is 1. The van der Waals surface area contributed by atoms with E-state index in [0.717, 1.165) is 28.1 Å². The van der Waals surface area contributed by atoms with Crippen LogP contribution < -0.4 is 5.32 Å². The molecule has 186 valence electrons. The lowest BCUT2D eigenvalue weighted by atomic mass is 10.0. The van der Waals surface area contributed by atoms with E-state index in [1.807, 2.05) is 67.6 Å². The van der Waals surface area contributed by atoms with Crippen molar-refractivity contribution < 1.29 is 4.79 Å². The molecule has 0 aliphatic heterocycles. The van der Waals surface area contributed by atoms with Crippen LogP contribution in [0.2, 0.25) is 5.02 Å². The van der Waals surface area contributed by atoms with Gasteiger partial charge in [-0.15, -0.1) is 0 Å². The number of benzene rings is 3. The van der Waals surface area contributed by atoms with Gasteiger partial charge >= 0.3 is 0 Å². The first-order valence-electron chi connectivity index (χ1n) is 12.0. The minimum atomic E-state index is -0.152. The van der Waals surface area contributed by atoms with Crippen LogP contribution in [0.3, 0.4) is 0 Å². The number of aromatic nitrogens is 6. The monoisotopic (exact) mass is 519 g/mol. The second-order valence-corrected chi connectivity index (χ2v) is 9.27. The molecule has 0 fully saturated rings. The number of halogens is 1. The van der Waals surface area contributed by atoms with Crippen molar-refractivity contribution in [3.05, 3.63) is 114 Å². The number of anilines is 1. The first-order chi connectivity index (χ1) is 18.5. The van der Waals surface area contributed by atoms with E-state index in [-0.39, 0.29) is 12.3 Å². The summed E-state index contributed by atoms with van der Waals surface area (Å²) in [6, 6.07) is 27.3. The normalized spacial score (nSPS) is 11.1. The summed E-state index contributed by atoms with van der Waals surface area (Å²) in [4.78, 5) is 21.9. The standard InChI is InChI=1S/C29H22ClN7O/c1-19-15-26(34-27(38)16-20-7-9-22(10-8-20)21-5-3-2-4-6-21)37(35-19)29-25-17-33-36(28(25)31-18-32-29)24-13-11-23(30)12-14-24/h2-15,17-18H,16H2,1H3,(H,34,38). The van der Waals surface area contributed by atoms with Crippen molar-refractivity contribution in [2.75, 3.05) is 5.32 Å². The van der Waals surface area contributed by atoms with Gasteiger partial charge in [-0.1, -0.05) is 66.2 Å². The fourth-order valence-electron chi connectivity index (χ4n) is 4.34. The van der Waals surface area contributed by atoms with Gasteiger partial charge in [0.1, 0.15) is 12.1 Å². The number of rotatable bonds is 6. The fourth-order valence-corrected chi connectivity index (χ4v) is 4.47. The molecule has 3 aromatic heterocycles. The molecule has 6 rings (SSSR count). The van der Waals surface area contributed by atoms with Gasteiger partial charge in [0, 0.05) is 11.1 Å². The maximum Gasteiger partial charge on any atom is 0.229 e. The van der Waals surface area contributed by atoms with Gasteiger partial charge in [-0.05, 0) is 47.9 Å². The van der Waals surface area contributed by atoms with E-state index < -0.39 is 0 Å². The summed E-state index contributed by atoms with van der Waals surface area (Å²) in [5, 5.41) is 13.4. The van der Waals surface area contributed by atoms with E-state index in [4.69, 9.17) is 11.6 Å². The molecule has 1 amide bonds. The highest BCUT2D eigenvalue weighted by Gasteiger charge is 2.18. The van der Waals surface area contributed by atoms with Gasteiger partial charge in [0.05, 0.1) is 29.4 Å². The Morgan fingerprint density at radius 2 is 1.63 bits per heavy atom. The number of carbonyl (C=O) groups is 1.